The maximum Gasteiger partial charge on any atom is 0.407 e. The van der Waals surface area contributed by atoms with E-state index in [-0.39, 0.29) is 5.92 Å². The predicted octanol–water partition coefficient (Wildman–Crippen LogP) is 0.271. The lowest BCUT2D eigenvalue weighted by Gasteiger charge is -2.15. The maximum absolute atomic E-state index is 10.8. The number of nitrogens with zero attached hydrogens (tertiary/aromatic N) is 1. The molecule has 0 saturated carbocycles. The Labute approximate surface area is 76.6 Å². The van der Waals surface area contributed by atoms with E-state index < -0.39 is 12.1 Å². The van der Waals surface area contributed by atoms with Crippen LogP contribution >= 0.6 is 0 Å². The zero-order chi connectivity index (χ0) is 9.68. The van der Waals surface area contributed by atoms with Gasteiger partial charge in [0, 0.05) is 12.5 Å². The molecule has 1 saturated heterocycles. The van der Waals surface area contributed by atoms with E-state index in [1.165, 1.54) is 7.11 Å². The molecule has 0 aliphatic carbocycles. The van der Waals surface area contributed by atoms with Crippen LogP contribution in [0.25, 0.3) is 0 Å². The monoisotopic (exact) mass is 184 g/mol. The Morgan fingerprint density at radius 1 is 1.85 bits per heavy atom. The summed E-state index contributed by atoms with van der Waals surface area (Å²) < 4.78 is 9.51. The molecule has 0 spiro atoms. The molecule has 1 rings (SSSR count). The minimum absolute atomic E-state index is 0.0871. The molecule has 1 fully saturated rings. The molecule has 2 atom stereocenters. The molecule has 1 heterocycles. The smallest absolute Gasteiger partial charge is 0.407 e. The number of rotatable bonds is 2. The highest BCUT2D eigenvalue weighted by Gasteiger charge is 2.27. The number of hydrogen-bond donors (Lipinski definition) is 1. The van der Waals surface area contributed by atoms with Crippen molar-refractivity contribution in [2.45, 2.75) is 12.5 Å². The van der Waals surface area contributed by atoms with E-state index in [4.69, 9.17) is 10.00 Å². The fraction of sp³-hybridized carbons (Fsp3) is 0.750. The molecule has 5 nitrogen and oxygen atoms in total. The van der Waals surface area contributed by atoms with Crippen LogP contribution in [0.2, 0.25) is 0 Å². The van der Waals surface area contributed by atoms with E-state index >= 15 is 0 Å². The number of ether oxygens (including phenoxy) is 2. The van der Waals surface area contributed by atoms with Gasteiger partial charge in [-0.25, -0.2) is 4.79 Å². The molecule has 0 aromatic heterocycles. The molecule has 72 valence electrons. The fourth-order valence-electron chi connectivity index (χ4n) is 1.26. The van der Waals surface area contributed by atoms with E-state index in [0.29, 0.717) is 13.2 Å². The summed E-state index contributed by atoms with van der Waals surface area (Å²) >= 11 is 0. The van der Waals surface area contributed by atoms with Crippen LogP contribution in [0.3, 0.4) is 0 Å². The van der Waals surface area contributed by atoms with Crippen molar-refractivity contribution < 1.29 is 14.3 Å². The topological polar surface area (TPSA) is 71.3 Å². The van der Waals surface area contributed by atoms with E-state index in [2.05, 4.69) is 10.1 Å². The largest absolute Gasteiger partial charge is 0.453 e. The molecule has 5 heteroatoms. The average Bonchev–Trinajstić information content (AvgIpc) is 2.66. The highest BCUT2D eigenvalue weighted by molar-refractivity contribution is 5.67. The fourth-order valence-corrected chi connectivity index (χ4v) is 1.26. The standard InChI is InChI=1S/C8H12N2O3/c1-12-8(11)10-7(4-9)6-2-3-13-5-6/h6-7H,2-3,5H2,1H3,(H,10,11). The third-order valence-electron chi connectivity index (χ3n) is 2.03. The number of hydrogen-bond acceptors (Lipinski definition) is 4. The van der Waals surface area contributed by atoms with Crippen molar-refractivity contribution in [3.05, 3.63) is 0 Å². The van der Waals surface area contributed by atoms with Gasteiger partial charge in [0.1, 0.15) is 6.04 Å². The van der Waals surface area contributed by atoms with Gasteiger partial charge in [0.15, 0.2) is 0 Å². The summed E-state index contributed by atoms with van der Waals surface area (Å²) in [5.74, 6) is 0.0871. The first-order chi connectivity index (χ1) is 6.27. The molecule has 1 aliphatic heterocycles. The molecule has 1 amide bonds. The Kier molecular flexibility index (Phi) is 3.53. The number of carbonyl (C=O) groups is 1. The van der Waals surface area contributed by atoms with Crippen molar-refractivity contribution in [1.29, 1.82) is 5.26 Å². The van der Waals surface area contributed by atoms with Gasteiger partial charge >= 0.3 is 6.09 Å². The van der Waals surface area contributed by atoms with E-state index in [0.717, 1.165) is 6.42 Å². The van der Waals surface area contributed by atoms with Gasteiger partial charge in [0.25, 0.3) is 0 Å². The summed E-state index contributed by atoms with van der Waals surface area (Å²) in [5, 5.41) is 11.2. The molecular formula is C8H12N2O3. The van der Waals surface area contributed by atoms with Crippen LogP contribution in [0.5, 0.6) is 0 Å². The van der Waals surface area contributed by atoms with Crippen LogP contribution < -0.4 is 5.32 Å². The molecule has 2 unspecified atom stereocenters. The summed E-state index contributed by atoms with van der Waals surface area (Å²) in [7, 11) is 1.27. The highest BCUT2D eigenvalue weighted by Crippen LogP contribution is 2.16. The lowest BCUT2D eigenvalue weighted by molar-refractivity contribution is 0.159. The molecule has 13 heavy (non-hydrogen) atoms. The highest BCUT2D eigenvalue weighted by atomic mass is 16.5. The molecular weight excluding hydrogens is 172 g/mol. The minimum atomic E-state index is -0.571. The normalized spacial score (nSPS) is 23.2. The van der Waals surface area contributed by atoms with Gasteiger partial charge in [-0.1, -0.05) is 0 Å². The second kappa shape index (κ2) is 4.67. The van der Waals surface area contributed by atoms with Gasteiger partial charge in [-0.15, -0.1) is 0 Å². The first kappa shape index (κ1) is 9.81. The first-order valence-corrected chi connectivity index (χ1v) is 4.09. The Morgan fingerprint density at radius 2 is 2.62 bits per heavy atom. The summed E-state index contributed by atoms with van der Waals surface area (Å²) in [6.07, 6.45) is 0.237. The van der Waals surface area contributed by atoms with Crippen molar-refractivity contribution in [1.82, 2.24) is 5.32 Å². The lowest BCUT2D eigenvalue weighted by Crippen LogP contribution is -2.39. The zero-order valence-electron chi connectivity index (χ0n) is 7.45. The number of carbonyl (C=O) groups excluding carboxylic acids is 1. The zero-order valence-corrected chi connectivity index (χ0v) is 7.45. The van der Waals surface area contributed by atoms with Gasteiger partial charge in [0.05, 0.1) is 19.8 Å². The van der Waals surface area contributed by atoms with Crippen molar-refractivity contribution >= 4 is 6.09 Å². The molecule has 1 N–H and O–H groups in total. The minimum Gasteiger partial charge on any atom is -0.453 e. The summed E-state index contributed by atoms with van der Waals surface area (Å²) in [6.45, 7) is 1.19. The molecule has 0 radical (unpaired) electrons. The number of methoxy groups -OCH3 is 1. The number of alkyl carbamates (subject to hydrolysis) is 1. The van der Waals surface area contributed by atoms with Gasteiger partial charge in [-0.05, 0) is 6.42 Å². The molecule has 0 bridgehead atoms. The number of nitriles is 1. The summed E-state index contributed by atoms with van der Waals surface area (Å²) in [4.78, 5) is 10.8. The van der Waals surface area contributed by atoms with E-state index in [9.17, 15) is 4.79 Å². The Balaban J connectivity index is 2.43. The van der Waals surface area contributed by atoms with Crippen LogP contribution in [-0.4, -0.2) is 32.5 Å². The van der Waals surface area contributed by atoms with E-state index in [1.807, 2.05) is 6.07 Å². The summed E-state index contributed by atoms with van der Waals surface area (Å²) in [5.41, 5.74) is 0. The van der Waals surface area contributed by atoms with Crippen molar-refractivity contribution in [2.75, 3.05) is 20.3 Å². The van der Waals surface area contributed by atoms with Crippen molar-refractivity contribution in [3.63, 3.8) is 0 Å². The quantitative estimate of drug-likeness (QED) is 0.668. The Morgan fingerprint density at radius 3 is 3.08 bits per heavy atom. The van der Waals surface area contributed by atoms with Gasteiger partial charge in [-0.3, -0.25) is 0 Å². The van der Waals surface area contributed by atoms with Crippen LogP contribution in [0, 0.1) is 17.2 Å². The Bertz CT molecular complexity index is 218. The van der Waals surface area contributed by atoms with Gasteiger partial charge in [0.2, 0.25) is 0 Å². The third kappa shape index (κ3) is 2.60. The van der Waals surface area contributed by atoms with Crippen molar-refractivity contribution in [3.8, 4) is 6.07 Å². The van der Waals surface area contributed by atoms with Crippen LogP contribution in [0.4, 0.5) is 4.79 Å². The maximum atomic E-state index is 10.8. The Hall–Kier alpha value is -1.28. The van der Waals surface area contributed by atoms with Crippen LogP contribution in [0.15, 0.2) is 0 Å². The molecule has 1 aliphatic rings. The number of amides is 1. The second-order valence-corrected chi connectivity index (χ2v) is 2.87. The number of nitrogens with one attached hydrogen (secondary N) is 1. The SMILES string of the molecule is COC(=O)NC(C#N)C1CCOC1. The average molecular weight is 184 g/mol. The van der Waals surface area contributed by atoms with Gasteiger partial charge in [-0.2, -0.15) is 5.26 Å². The van der Waals surface area contributed by atoms with Crippen LogP contribution in [-0.2, 0) is 9.47 Å². The van der Waals surface area contributed by atoms with Crippen LogP contribution in [0.1, 0.15) is 6.42 Å². The van der Waals surface area contributed by atoms with Crippen molar-refractivity contribution in [2.24, 2.45) is 5.92 Å². The summed E-state index contributed by atoms with van der Waals surface area (Å²) in [6, 6.07) is 1.51. The molecule has 0 aromatic carbocycles. The lowest BCUT2D eigenvalue weighted by atomic mass is 10.0. The van der Waals surface area contributed by atoms with Gasteiger partial charge < -0.3 is 14.8 Å². The second-order valence-electron chi connectivity index (χ2n) is 2.87. The molecule has 0 aromatic rings. The van der Waals surface area contributed by atoms with E-state index in [1.54, 1.807) is 0 Å². The third-order valence-corrected chi connectivity index (χ3v) is 2.03. The predicted molar refractivity (Wildman–Crippen MR) is 43.9 cm³/mol. The first-order valence-electron chi connectivity index (χ1n) is 4.09.